The number of ether oxygens (including phenoxy) is 3. The van der Waals surface area contributed by atoms with Gasteiger partial charge in [0.15, 0.2) is 0 Å². The molecule has 1 saturated heterocycles. The van der Waals surface area contributed by atoms with Crippen LogP contribution >= 0.6 is 0 Å². The molecule has 0 atom stereocenters. The highest BCUT2D eigenvalue weighted by molar-refractivity contribution is 5.95. The third-order valence-electron chi connectivity index (χ3n) is 4.35. The van der Waals surface area contributed by atoms with E-state index in [2.05, 4.69) is 5.32 Å². The lowest BCUT2D eigenvalue weighted by Gasteiger charge is -2.34. The normalized spacial score (nSPS) is 16.8. The van der Waals surface area contributed by atoms with E-state index >= 15 is 0 Å². The fraction of sp³-hybridized carbons (Fsp3) is 0.611. The van der Waals surface area contributed by atoms with Crippen molar-refractivity contribution < 1.29 is 19.0 Å². The van der Waals surface area contributed by atoms with Gasteiger partial charge in [-0.25, -0.2) is 0 Å². The smallest absolute Gasteiger partial charge is 0.232 e. The van der Waals surface area contributed by atoms with Gasteiger partial charge in [0, 0.05) is 32.1 Å². The molecule has 1 heterocycles. The molecule has 0 aromatic heterocycles. The van der Waals surface area contributed by atoms with Gasteiger partial charge in [-0.1, -0.05) is 12.1 Å². The van der Waals surface area contributed by atoms with Gasteiger partial charge in [0.1, 0.15) is 0 Å². The van der Waals surface area contributed by atoms with Crippen molar-refractivity contribution in [3.8, 4) is 0 Å². The van der Waals surface area contributed by atoms with Crippen LogP contribution in [0, 0.1) is 5.41 Å². The Morgan fingerprint density at radius 1 is 1.29 bits per heavy atom. The van der Waals surface area contributed by atoms with Crippen molar-refractivity contribution in [2.24, 2.45) is 11.1 Å². The third-order valence-corrected chi connectivity index (χ3v) is 4.35. The highest BCUT2D eigenvalue weighted by Crippen LogP contribution is 2.31. The van der Waals surface area contributed by atoms with Crippen molar-refractivity contribution in [1.29, 1.82) is 0 Å². The first-order valence-electron chi connectivity index (χ1n) is 8.54. The van der Waals surface area contributed by atoms with E-state index in [0.29, 0.717) is 59.0 Å². The van der Waals surface area contributed by atoms with Gasteiger partial charge in [-0.2, -0.15) is 0 Å². The summed E-state index contributed by atoms with van der Waals surface area (Å²) in [6.07, 6.45) is 1.32. The minimum atomic E-state index is -0.526. The van der Waals surface area contributed by atoms with Gasteiger partial charge < -0.3 is 25.3 Å². The van der Waals surface area contributed by atoms with E-state index in [1.165, 1.54) is 0 Å². The lowest BCUT2D eigenvalue weighted by atomic mass is 9.79. The summed E-state index contributed by atoms with van der Waals surface area (Å²) < 4.78 is 16.2. The summed E-state index contributed by atoms with van der Waals surface area (Å²) in [5.41, 5.74) is 7.14. The molecular weight excluding hydrogens is 308 g/mol. The van der Waals surface area contributed by atoms with E-state index in [0.717, 1.165) is 11.3 Å². The molecule has 0 radical (unpaired) electrons. The number of hydrogen-bond acceptors (Lipinski definition) is 5. The molecule has 1 aliphatic heterocycles. The molecule has 1 amide bonds. The van der Waals surface area contributed by atoms with Crippen LogP contribution in [0.15, 0.2) is 24.3 Å². The molecule has 1 aliphatic rings. The van der Waals surface area contributed by atoms with E-state index in [-0.39, 0.29) is 5.91 Å². The fourth-order valence-corrected chi connectivity index (χ4v) is 2.74. The minimum Gasteiger partial charge on any atom is -0.381 e. The number of anilines is 1. The van der Waals surface area contributed by atoms with Crippen molar-refractivity contribution in [2.75, 3.05) is 44.9 Å². The van der Waals surface area contributed by atoms with Crippen LogP contribution in [0.1, 0.15) is 25.3 Å². The first-order chi connectivity index (χ1) is 11.7. The van der Waals surface area contributed by atoms with Crippen LogP contribution in [-0.4, -0.2) is 45.5 Å². The molecule has 1 aromatic rings. The van der Waals surface area contributed by atoms with Crippen molar-refractivity contribution in [2.45, 2.75) is 26.4 Å². The second-order valence-electron chi connectivity index (χ2n) is 6.00. The maximum Gasteiger partial charge on any atom is 0.232 e. The van der Waals surface area contributed by atoms with Crippen molar-refractivity contribution in [3.63, 3.8) is 0 Å². The highest BCUT2D eigenvalue weighted by atomic mass is 16.5. The summed E-state index contributed by atoms with van der Waals surface area (Å²) in [5, 5.41) is 3.00. The molecular formula is C18H28N2O4. The second-order valence-corrected chi connectivity index (χ2v) is 6.00. The zero-order valence-electron chi connectivity index (χ0n) is 14.4. The minimum absolute atomic E-state index is 0.0253. The summed E-state index contributed by atoms with van der Waals surface area (Å²) in [7, 11) is 0. The Labute approximate surface area is 143 Å². The molecule has 2 rings (SSSR count). The summed E-state index contributed by atoms with van der Waals surface area (Å²) >= 11 is 0. The second kappa shape index (κ2) is 9.74. The van der Waals surface area contributed by atoms with Gasteiger partial charge in [-0.05, 0) is 37.5 Å². The number of carbonyl (C=O) groups excluding carboxylic acids is 1. The van der Waals surface area contributed by atoms with Gasteiger partial charge in [0.25, 0.3) is 0 Å². The number of amides is 1. The molecule has 3 N–H and O–H groups in total. The van der Waals surface area contributed by atoms with Crippen LogP contribution in [0.2, 0.25) is 0 Å². The molecule has 1 fully saturated rings. The predicted molar refractivity (Wildman–Crippen MR) is 92.8 cm³/mol. The van der Waals surface area contributed by atoms with E-state index in [4.69, 9.17) is 19.9 Å². The molecule has 0 unspecified atom stereocenters. The average Bonchev–Trinajstić information content (AvgIpc) is 2.62. The predicted octanol–water partition coefficient (Wildman–Crippen LogP) is 1.93. The third kappa shape index (κ3) is 5.27. The lowest BCUT2D eigenvalue weighted by molar-refractivity contribution is -0.130. The Morgan fingerprint density at radius 3 is 2.75 bits per heavy atom. The van der Waals surface area contributed by atoms with E-state index in [1.54, 1.807) is 0 Å². The van der Waals surface area contributed by atoms with Crippen molar-refractivity contribution in [1.82, 2.24) is 0 Å². The van der Waals surface area contributed by atoms with Gasteiger partial charge in [-0.15, -0.1) is 0 Å². The standard InChI is InChI=1S/C18H28N2O4/c1-2-22-10-11-24-13-15-4-3-5-16(12-15)20-17(21)18(14-19)6-8-23-9-7-18/h3-5,12H,2,6-11,13-14,19H2,1H3,(H,20,21). The fourth-order valence-electron chi connectivity index (χ4n) is 2.74. The van der Waals surface area contributed by atoms with Crippen LogP contribution in [0.4, 0.5) is 5.69 Å². The zero-order valence-corrected chi connectivity index (χ0v) is 14.4. The number of nitrogens with one attached hydrogen (secondary N) is 1. The van der Waals surface area contributed by atoms with E-state index < -0.39 is 5.41 Å². The molecule has 0 spiro atoms. The summed E-state index contributed by atoms with van der Waals surface area (Å²) in [4.78, 5) is 12.7. The molecule has 0 aliphatic carbocycles. The number of carbonyl (C=O) groups is 1. The molecule has 134 valence electrons. The summed E-state index contributed by atoms with van der Waals surface area (Å²) in [5.74, 6) is -0.0253. The Balaban J connectivity index is 1.89. The maximum atomic E-state index is 12.7. The first-order valence-corrected chi connectivity index (χ1v) is 8.54. The van der Waals surface area contributed by atoms with E-state index in [9.17, 15) is 4.79 Å². The first kappa shape index (κ1) is 18.9. The van der Waals surface area contributed by atoms with Crippen LogP contribution in [-0.2, 0) is 25.6 Å². The molecule has 0 saturated carbocycles. The number of benzene rings is 1. The Hall–Kier alpha value is -1.47. The monoisotopic (exact) mass is 336 g/mol. The number of hydrogen-bond donors (Lipinski definition) is 2. The quantitative estimate of drug-likeness (QED) is 0.673. The van der Waals surface area contributed by atoms with Gasteiger partial charge in [0.05, 0.1) is 25.2 Å². The molecule has 24 heavy (non-hydrogen) atoms. The van der Waals surface area contributed by atoms with Gasteiger partial charge in [0.2, 0.25) is 5.91 Å². The summed E-state index contributed by atoms with van der Waals surface area (Å²) in [6.45, 7) is 5.79. The highest BCUT2D eigenvalue weighted by Gasteiger charge is 2.38. The average molecular weight is 336 g/mol. The lowest BCUT2D eigenvalue weighted by Crippen LogP contribution is -2.46. The Morgan fingerprint density at radius 2 is 2.04 bits per heavy atom. The van der Waals surface area contributed by atoms with Gasteiger partial charge in [-0.3, -0.25) is 4.79 Å². The van der Waals surface area contributed by atoms with Gasteiger partial charge >= 0.3 is 0 Å². The van der Waals surface area contributed by atoms with Crippen molar-refractivity contribution >= 4 is 11.6 Å². The Bertz CT molecular complexity index is 515. The van der Waals surface area contributed by atoms with E-state index in [1.807, 2.05) is 31.2 Å². The molecule has 1 aromatic carbocycles. The van der Waals surface area contributed by atoms with Crippen LogP contribution < -0.4 is 11.1 Å². The van der Waals surface area contributed by atoms with Crippen LogP contribution in [0.25, 0.3) is 0 Å². The number of rotatable bonds is 9. The largest absolute Gasteiger partial charge is 0.381 e. The molecule has 6 nitrogen and oxygen atoms in total. The van der Waals surface area contributed by atoms with Crippen LogP contribution in [0.3, 0.4) is 0 Å². The summed E-state index contributed by atoms with van der Waals surface area (Å²) in [6, 6.07) is 7.70. The maximum absolute atomic E-state index is 12.7. The molecule has 6 heteroatoms. The van der Waals surface area contributed by atoms with Crippen LogP contribution in [0.5, 0.6) is 0 Å². The van der Waals surface area contributed by atoms with Crippen molar-refractivity contribution in [3.05, 3.63) is 29.8 Å². The molecule has 0 bridgehead atoms. The zero-order chi connectivity index (χ0) is 17.3. The topological polar surface area (TPSA) is 82.8 Å². The Kier molecular flexibility index (Phi) is 7.65. The SMILES string of the molecule is CCOCCOCc1cccc(NC(=O)C2(CN)CCOCC2)c1. The number of nitrogens with two attached hydrogens (primary N) is 1.